The fraction of sp³-hybridized carbons (Fsp3) is 0.462. The maximum Gasteiger partial charge on any atom is 0.337 e. The van der Waals surface area contributed by atoms with E-state index in [1.54, 1.807) is 6.07 Å². The van der Waals surface area contributed by atoms with Crippen LogP contribution in [0.2, 0.25) is 0 Å². The average Bonchev–Trinajstić information content (AvgIpc) is 3.18. The SMILES string of the molecule is COC(=O)c1cccc(NCCNC2CC2)c1. The molecule has 2 rings (SSSR count). The molecule has 92 valence electrons. The van der Waals surface area contributed by atoms with Gasteiger partial charge < -0.3 is 15.4 Å². The maximum atomic E-state index is 11.3. The fourth-order valence-electron chi connectivity index (χ4n) is 1.64. The van der Waals surface area contributed by atoms with Gasteiger partial charge in [-0.1, -0.05) is 6.07 Å². The second-order valence-corrected chi connectivity index (χ2v) is 4.23. The largest absolute Gasteiger partial charge is 0.465 e. The van der Waals surface area contributed by atoms with Crippen molar-refractivity contribution in [3.05, 3.63) is 29.8 Å². The Hall–Kier alpha value is -1.55. The lowest BCUT2D eigenvalue weighted by molar-refractivity contribution is 0.0601. The lowest BCUT2D eigenvalue weighted by atomic mass is 10.2. The molecule has 0 amide bonds. The van der Waals surface area contributed by atoms with Gasteiger partial charge in [0.1, 0.15) is 0 Å². The van der Waals surface area contributed by atoms with Crippen molar-refractivity contribution in [2.24, 2.45) is 0 Å². The third-order valence-corrected chi connectivity index (χ3v) is 2.75. The summed E-state index contributed by atoms with van der Waals surface area (Å²) in [5, 5.41) is 6.70. The number of esters is 1. The van der Waals surface area contributed by atoms with Gasteiger partial charge in [0.25, 0.3) is 0 Å². The summed E-state index contributed by atoms with van der Waals surface area (Å²) in [7, 11) is 1.39. The topological polar surface area (TPSA) is 50.4 Å². The minimum atomic E-state index is -0.301. The third kappa shape index (κ3) is 3.75. The molecule has 0 bridgehead atoms. The summed E-state index contributed by atoms with van der Waals surface area (Å²) in [6.07, 6.45) is 2.61. The van der Waals surface area contributed by atoms with Crippen molar-refractivity contribution in [3.63, 3.8) is 0 Å². The van der Waals surface area contributed by atoms with Gasteiger partial charge in [-0.25, -0.2) is 4.79 Å². The zero-order chi connectivity index (χ0) is 12.1. The number of nitrogens with one attached hydrogen (secondary N) is 2. The summed E-state index contributed by atoms with van der Waals surface area (Å²) in [5.41, 5.74) is 1.53. The van der Waals surface area contributed by atoms with Crippen molar-refractivity contribution in [2.75, 3.05) is 25.5 Å². The molecule has 1 saturated carbocycles. The molecular weight excluding hydrogens is 216 g/mol. The minimum Gasteiger partial charge on any atom is -0.465 e. The van der Waals surface area contributed by atoms with Gasteiger partial charge in [-0.05, 0) is 31.0 Å². The van der Waals surface area contributed by atoms with Crippen LogP contribution in [0.1, 0.15) is 23.2 Å². The molecule has 0 aliphatic heterocycles. The van der Waals surface area contributed by atoms with Crippen molar-refractivity contribution < 1.29 is 9.53 Å². The first-order chi connectivity index (χ1) is 8.29. The fourth-order valence-corrected chi connectivity index (χ4v) is 1.64. The van der Waals surface area contributed by atoms with Crippen molar-refractivity contribution in [1.29, 1.82) is 0 Å². The summed E-state index contributed by atoms with van der Waals surface area (Å²) in [4.78, 5) is 11.3. The number of carbonyl (C=O) groups excluding carboxylic acids is 1. The van der Waals surface area contributed by atoms with Crippen molar-refractivity contribution in [2.45, 2.75) is 18.9 Å². The molecule has 17 heavy (non-hydrogen) atoms. The van der Waals surface area contributed by atoms with E-state index < -0.39 is 0 Å². The molecule has 0 spiro atoms. The predicted octanol–water partition coefficient (Wildman–Crippen LogP) is 1.64. The van der Waals surface area contributed by atoms with Gasteiger partial charge in [0.05, 0.1) is 12.7 Å². The Balaban J connectivity index is 1.80. The van der Waals surface area contributed by atoms with Crippen LogP contribution in [0.5, 0.6) is 0 Å². The molecule has 1 aliphatic carbocycles. The van der Waals surface area contributed by atoms with Crippen molar-refractivity contribution in [1.82, 2.24) is 5.32 Å². The number of anilines is 1. The first-order valence-electron chi connectivity index (χ1n) is 5.95. The number of hydrogen-bond donors (Lipinski definition) is 2. The highest BCUT2D eigenvalue weighted by Crippen LogP contribution is 2.18. The highest BCUT2D eigenvalue weighted by molar-refractivity contribution is 5.90. The van der Waals surface area contributed by atoms with E-state index in [-0.39, 0.29) is 5.97 Å². The third-order valence-electron chi connectivity index (χ3n) is 2.75. The number of methoxy groups -OCH3 is 1. The molecule has 1 aliphatic rings. The summed E-state index contributed by atoms with van der Waals surface area (Å²) >= 11 is 0. The van der Waals surface area contributed by atoms with E-state index in [1.165, 1.54) is 20.0 Å². The lowest BCUT2D eigenvalue weighted by Gasteiger charge is -2.08. The van der Waals surface area contributed by atoms with Gasteiger partial charge in [-0.15, -0.1) is 0 Å². The highest BCUT2D eigenvalue weighted by atomic mass is 16.5. The van der Waals surface area contributed by atoms with E-state index in [2.05, 4.69) is 15.4 Å². The van der Waals surface area contributed by atoms with Crippen LogP contribution < -0.4 is 10.6 Å². The maximum absolute atomic E-state index is 11.3. The van der Waals surface area contributed by atoms with Crippen LogP contribution in [0.3, 0.4) is 0 Å². The number of benzene rings is 1. The van der Waals surface area contributed by atoms with E-state index in [4.69, 9.17) is 0 Å². The number of rotatable bonds is 6. The van der Waals surface area contributed by atoms with E-state index in [1.807, 2.05) is 18.2 Å². The van der Waals surface area contributed by atoms with Crippen LogP contribution in [0, 0.1) is 0 Å². The Bertz CT molecular complexity index is 389. The number of hydrogen-bond acceptors (Lipinski definition) is 4. The summed E-state index contributed by atoms with van der Waals surface area (Å²) < 4.78 is 4.68. The predicted molar refractivity (Wildman–Crippen MR) is 67.3 cm³/mol. The molecule has 0 aromatic heterocycles. The highest BCUT2D eigenvalue weighted by Gasteiger charge is 2.19. The molecule has 4 heteroatoms. The Labute approximate surface area is 101 Å². The average molecular weight is 234 g/mol. The molecule has 0 atom stereocenters. The van der Waals surface area contributed by atoms with Crippen LogP contribution in [-0.4, -0.2) is 32.2 Å². The monoisotopic (exact) mass is 234 g/mol. The van der Waals surface area contributed by atoms with Gasteiger partial charge in [-0.2, -0.15) is 0 Å². The summed E-state index contributed by atoms with van der Waals surface area (Å²) in [6.45, 7) is 1.81. The summed E-state index contributed by atoms with van der Waals surface area (Å²) in [6, 6.07) is 8.09. The standard InChI is InChI=1S/C13H18N2O2/c1-17-13(16)10-3-2-4-12(9-10)15-8-7-14-11-5-6-11/h2-4,9,11,14-15H,5-8H2,1H3. The van der Waals surface area contributed by atoms with Crippen LogP contribution in [0.25, 0.3) is 0 Å². The first kappa shape index (κ1) is 11.9. The van der Waals surface area contributed by atoms with Crippen LogP contribution >= 0.6 is 0 Å². The molecule has 1 fully saturated rings. The van der Waals surface area contributed by atoms with E-state index in [9.17, 15) is 4.79 Å². The molecule has 1 aromatic carbocycles. The second kappa shape index (κ2) is 5.68. The quantitative estimate of drug-likeness (QED) is 0.580. The molecule has 0 radical (unpaired) electrons. The van der Waals surface area contributed by atoms with E-state index in [0.717, 1.165) is 24.8 Å². The minimum absolute atomic E-state index is 0.301. The molecule has 0 saturated heterocycles. The van der Waals surface area contributed by atoms with Gasteiger partial charge >= 0.3 is 5.97 Å². The number of ether oxygens (including phenoxy) is 1. The molecule has 2 N–H and O–H groups in total. The normalized spacial score (nSPS) is 14.4. The van der Waals surface area contributed by atoms with Gasteiger partial charge in [-0.3, -0.25) is 0 Å². The summed E-state index contributed by atoms with van der Waals surface area (Å²) in [5.74, 6) is -0.301. The van der Waals surface area contributed by atoms with E-state index >= 15 is 0 Å². The molecule has 0 heterocycles. The second-order valence-electron chi connectivity index (χ2n) is 4.23. The van der Waals surface area contributed by atoms with E-state index in [0.29, 0.717) is 5.56 Å². The molecule has 0 unspecified atom stereocenters. The molecule has 4 nitrogen and oxygen atoms in total. The first-order valence-corrected chi connectivity index (χ1v) is 5.95. The lowest BCUT2D eigenvalue weighted by Crippen LogP contribution is -2.23. The van der Waals surface area contributed by atoms with Gasteiger partial charge in [0, 0.05) is 24.8 Å². The van der Waals surface area contributed by atoms with Crippen molar-refractivity contribution in [3.8, 4) is 0 Å². The van der Waals surface area contributed by atoms with Crippen molar-refractivity contribution >= 4 is 11.7 Å². The smallest absolute Gasteiger partial charge is 0.337 e. The Kier molecular flexibility index (Phi) is 3.98. The van der Waals surface area contributed by atoms with Crippen LogP contribution in [0.4, 0.5) is 5.69 Å². The Morgan fingerprint density at radius 1 is 1.41 bits per heavy atom. The van der Waals surface area contributed by atoms with Crippen LogP contribution in [0.15, 0.2) is 24.3 Å². The molecule has 1 aromatic rings. The zero-order valence-corrected chi connectivity index (χ0v) is 10.0. The van der Waals surface area contributed by atoms with Crippen LogP contribution in [-0.2, 0) is 4.74 Å². The zero-order valence-electron chi connectivity index (χ0n) is 10.0. The van der Waals surface area contributed by atoms with Gasteiger partial charge in [0.15, 0.2) is 0 Å². The molecular formula is C13H18N2O2. The Morgan fingerprint density at radius 3 is 2.94 bits per heavy atom. The number of carbonyl (C=O) groups is 1. The van der Waals surface area contributed by atoms with Gasteiger partial charge in [0.2, 0.25) is 0 Å². The Morgan fingerprint density at radius 2 is 2.24 bits per heavy atom.